The van der Waals surface area contributed by atoms with E-state index in [1.807, 2.05) is 57.2 Å². The zero-order chi connectivity index (χ0) is 19.0. The molecule has 2 rings (SSSR count). The zero-order valence-electron chi connectivity index (χ0n) is 15.3. The Labute approximate surface area is 155 Å². The van der Waals surface area contributed by atoms with Gasteiger partial charge in [0, 0.05) is 19.3 Å². The van der Waals surface area contributed by atoms with E-state index in [1.165, 1.54) is 16.6 Å². The van der Waals surface area contributed by atoms with Gasteiger partial charge in [-0.1, -0.05) is 50.3 Å². The number of hydrogen-bond acceptors (Lipinski definition) is 5. The first-order chi connectivity index (χ1) is 12.5. The lowest BCUT2D eigenvalue weighted by atomic mass is 10.1. The van der Waals surface area contributed by atoms with Gasteiger partial charge in [-0.15, -0.1) is 0 Å². The molecule has 0 saturated carbocycles. The van der Waals surface area contributed by atoms with Crippen molar-refractivity contribution in [2.45, 2.75) is 25.7 Å². The average molecular weight is 372 g/mol. The molecule has 0 radical (unpaired) electrons. The molecule has 0 aliphatic carbocycles. The first kappa shape index (κ1) is 19.8. The molecule has 7 heteroatoms. The molecule has 2 aromatic rings. The van der Waals surface area contributed by atoms with E-state index in [-0.39, 0.29) is 4.90 Å². The Morgan fingerprint density at radius 3 is 2.42 bits per heavy atom. The van der Waals surface area contributed by atoms with E-state index in [2.05, 4.69) is 15.5 Å². The van der Waals surface area contributed by atoms with Gasteiger partial charge in [-0.05, 0) is 30.2 Å². The van der Waals surface area contributed by atoms with Crippen molar-refractivity contribution in [3.8, 4) is 0 Å². The molecule has 0 atom stereocenters. The zero-order valence-corrected chi connectivity index (χ0v) is 16.1. The van der Waals surface area contributed by atoms with E-state index < -0.39 is 10.0 Å². The van der Waals surface area contributed by atoms with E-state index in [4.69, 9.17) is 0 Å². The molecule has 0 spiro atoms. The molecule has 26 heavy (non-hydrogen) atoms. The van der Waals surface area contributed by atoms with Crippen LogP contribution in [0.25, 0.3) is 6.08 Å². The van der Waals surface area contributed by atoms with E-state index in [0.29, 0.717) is 18.9 Å². The standard InChI is InChI=1S/C19H24N4O2S/c1-4-23(5-2)26(24,25)18-11-12-19(20-15-18)22-21-14-16(3)13-17-9-7-6-8-10-17/h6-15H,4-5H2,1-3H3,(H,20,22). The number of benzene rings is 1. The van der Waals surface area contributed by atoms with Crippen LogP contribution in [0.15, 0.2) is 64.2 Å². The smallest absolute Gasteiger partial charge is 0.244 e. The van der Waals surface area contributed by atoms with E-state index >= 15 is 0 Å². The molecular formula is C19H24N4O2S. The number of allylic oxidation sites excluding steroid dienone is 1. The van der Waals surface area contributed by atoms with Crippen LogP contribution in [0.2, 0.25) is 0 Å². The third-order valence-corrected chi connectivity index (χ3v) is 5.75. The fraction of sp³-hybridized carbons (Fsp3) is 0.263. The Morgan fingerprint density at radius 1 is 1.15 bits per heavy atom. The summed E-state index contributed by atoms with van der Waals surface area (Å²) in [5.41, 5.74) is 4.88. The van der Waals surface area contributed by atoms with Crippen molar-refractivity contribution in [3.05, 3.63) is 59.8 Å². The van der Waals surface area contributed by atoms with Gasteiger partial charge in [-0.2, -0.15) is 9.41 Å². The van der Waals surface area contributed by atoms with Crippen LogP contribution in [0.4, 0.5) is 5.82 Å². The van der Waals surface area contributed by atoms with Crippen LogP contribution in [0.5, 0.6) is 0 Å². The van der Waals surface area contributed by atoms with Gasteiger partial charge in [-0.25, -0.2) is 13.4 Å². The number of anilines is 1. The molecule has 0 amide bonds. The summed E-state index contributed by atoms with van der Waals surface area (Å²) in [7, 11) is -3.49. The van der Waals surface area contributed by atoms with E-state index in [9.17, 15) is 8.42 Å². The lowest BCUT2D eigenvalue weighted by Gasteiger charge is -2.18. The summed E-state index contributed by atoms with van der Waals surface area (Å²) in [5, 5.41) is 4.13. The highest BCUT2D eigenvalue weighted by atomic mass is 32.2. The molecule has 0 fully saturated rings. The molecule has 1 aromatic carbocycles. The normalized spacial score (nSPS) is 12.7. The van der Waals surface area contributed by atoms with Crippen molar-refractivity contribution in [2.24, 2.45) is 5.10 Å². The van der Waals surface area contributed by atoms with Crippen molar-refractivity contribution < 1.29 is 8.42 Å². The second-order valence-electron chi connectivity index (χ2n) is 5.64. The fourth-order valence-electron chi connectivity index (χ4n) is 2.36. The van der Waals surface area contributed by atoms with Gasteiger partial charge in [0.2, 0.25) is 10.0 Å². The number of hydrazone groups is 1. The second-order valence-corrected chi connectivity index (χ2v) is 7.58. The molecule has 1 heterocycles. The Kier molecular flexibility index (Phi) is 7.06. The number of hydrogen-bond donors (Lipinski definition) is 1. The molecule has 0 saturated heterocycles. The van der Waals surface area contributed by atoms with Gasteiger partial charge >= 0.3 is 0 Å². The third-order valence-electron chi connectivity index (χ3n) is 3.72. The number of nitrogens with zero attached hydrogens (tertiary/aromatic N) is 3. The monoisotopic (exact) mass is 372 g/mol. The van der Waals surface area contributed by atoms with Gasteiger partial charge in [0.1, 0.15) is 10.7 Å². The van der Waals surface area contributed by atoms with Crippen LogP contribution in [0.3, 0.4) is 0 Å². The van der Waals surface area contributed by atoms with Gasteiger partial charge in [0.05, 0.1) is 6.21 Å². The van der Waals surface area contributed by atoms with Crippen molar-refractivity contribution in [2.75, 3.05) is 18.5 Å². The Balaban J connectivity index is 2.02. The molecule has 0 bridgehead atoms. The highest BCUT2D eigenvalue weighted by molar-refractivity contribution is 7.89. The van der Waals surface area contributed by atoms with Crippen LogP contribution in [0.1, 0.15) is 26.3 Å². The predicted octanol–water partition coefficient (Wildman–Crippen LogP) is 3.61. The van der Waals surface area contributed by atoms with Crippen molar-refractivity contribution in [1.29, 1.82) is 0 Å². The summed E-state index contributed by atoms with van der Waals surface area (Å²) in [6, 6.07) is 13.1. The number of nitrogens with one attached hydrogen (secondary N) is 1. The molecule has 1 aromatic heterocycles. The molecule has 138 valence electrons. The highest BCUT2D eigenvalue weighted by Crippen LogP contribution is 2.16. The molecule has 1 N–H and O–H groups in total. The molecular weight excluding hydrogens is 348 g/mol. The maximum Gasteiger partial charge on any atom is 0.244 e. The Bertz CT molecular complexity index is 856. The van der Waals surface area contributed by atoms with Crippen molar-refractivity contribution in [1.82, 2.24) is 9.29 Å². The summed E-state index contributed by atoms with van der Waals surface area (Å²) in [6.45, 7) is 6.42. The van der Waals surface area contributed by atoms with Crippen LogP contribution < -0.4 is 5.43 Å². The Morgan fingerprint density at radius 2 is 1.85 bits per heavy atom. The maximum atomic E-state index is 12.4. The van der Waals surface area contributed by atoms with Gasteiger partial charge < -0.3 is 0 Å². The summed E-state index contributed by atoms with van der Waals surface area (Å²) < 4.78 is 26.2. The number of sulfonamides is 1. The van der Waals surface area contributed by atoms with E-state index in [0.717, 1.165) is 11.1 Å². The fourth-order valence-corrected chi connectivity index (χ4v) is 3.77. The average Bonchev–Trinajstić information content (AvgIpc) is 2.64. The van der Waals surface area contributed by atoms with Crippen molar-refractivity contribution in [3.63, 3.8) is 0 Å². The summed E-state index contributed by atoms with van der Waals surface area (Å²) in [6.07, 6.45) is 5.05. The van der Waals surface area contributed by atoms with Crippen LogP contribution in [-0.2, 0) is 10.0 Å². The first-order valence-corrected chi connectivity index (χ1v) is 9.90. The maximum absolute atomic E-state index is 12.4. The van der Waals surface area contributed by atoms with Crippen LogP contribution in [0, 0.1) is 0 Å². The lowest BCUT2D eigenvalue weighted by Crippen LogP contribution is -2.30. The van der Waals surface area contributed by atoms with E-state index in [1.54, 1.807) is 12.3 Å². The van der Waals surface area contributed by atoms with Gasteiger partial charge in [-0.3, -0.25) is 5.43 Å². The van der Waals surface area contributed by atoms with Gasteiger partial charge in [0.15, 0.2) is 0 Å². The van der Waals surface area contributed by atoms with Crippen LogP contribution in [-0.4, -0.2) is 37.0 Å². The number of pyridine rings is 1. The number of rotatable bonds is 8. The minimum Gasteiger partial charge on any atom is -0.261 e. The molecule has 0 aliphatic rings. The topological polar surface area (TPSA) is 74.7 Å². The summed E-state index contributed by atoms with van der Waals surface area (Å²) in [5.74, 6) is 0.479. The Hall–Kier alpha value is -2.51. The largest absolute Gasteiger partial charge is 0.261 e. The van der Waals surface area contributed by atoms with Crippen molar-refractivity contribution >= 4 is 28.1 Å². The SMILES string of the molecule is CCN(CC)S(=O)(=O)c1ccc(NN=CC(C)=Cc2ccccc2)nc1. The molecule has 0 unspecified atom stereocenters. The predicted molar refractivity (Wildman–Crippen MR) is 107 cm³/mol. The third kappa shape index (κ3) is 5.24. The minimum atomic E-state index is -3.49. The van der Waals surface area contributed by atoms with Crippen LogP contribution >= 0.6 is 0 Å². The summed E-state index contributed by atoms with van der Waals surface area (Å²) >= 11 is 0. The number of aromatic nitrogens is 1. The second kappa shape index (κ2) is 9.26. The quantitative estimate of drug-likeness (QED) is 0.567. The summed E-state index contributed by atoms with van der Waals surface area (Å²) in [4.78, 5) is 4.30. The lowest BCUT2D eigenvalue weighted by molar-refractivity contribution is 0.445. The molecule has 6 nitrogen and oxygen atoms in total. The molecule has 0 aliphatic heterocycles. The van der Waals surface area contributed by atoms with Gasteiger partial charge in [0.25, 0.3) is 0 Å². The minimum absolute atomic E-state index is 0.177. The highest BCUT2D eigenvalue weighted by Gasteiger charge is 2.21. The first-order valence-electron chi connectivity index (χ1n) is 8.46.